The zero-order chi connectivity index (χ0) is 14.7. The number of aryl methyl sites for hydroxylation is 1. The lowest BCUT2D eigenvalue weighted by molar-refractivity contribution is 0.0464. The summed E-state index contributed by atoms with van der Waals surface area (Å²) in [5.41, 5.74) is 3.25. The minimum atomic E-state index is -0.449. The first kappa shape index (κ1) is 13.2. The van der Waals surface area contributed by atoms with Crippen LogP contribution >= 0.6 is 0 Å². The van der Waals surface area contributed by atoms with E-state index in [2.05, 4.69) is 9.97 Å². The van der Waals surface area contributed by atoms with Crippen LogP contribution in [-0.2, 0) is 11.3 Å². The van der Waals surface area contributed by atoms with Crippen LogP contribution in [0.3, 0.4) is 0 Å². The Morgan fingerprint density at radius 3 is 2.29 bits per heavy atom. The SMILES string of the molecule is Cc1nc2ccccc2nc1C(=O)OCc1ccccc1. The molecule has 3 aromatic rings. The van der Waals surface area contributed by atoms with E-state index in [-0.39, 0.29) is 12.3 Å². The van der Waals surface area contributed by atoms with E-state index in [1.807, 2.05) is 54.6 Å². The number of para-hydroxylation sites is 2. The van der Waals surface area contributed by atoms with E-state index in [9.17, 15) is 4.79 Å². The lowest BCUT2D eigenvalue weighted by atomic mass is 10.2. The monoisotopic (exact) mass is 278 g/mol. The number of fused-ring (bicyclic) bond motifs is 1. The van der Waals surface area contributed by atoms with Gasteiger partial charge in [0.15, 0.2) is 5.69 Å². The first-order valence-electron chi connectivity index (χ1n) is 6.68. The van der Waals surface area contributed by atoms with Crippen molar-refractivity contribution in [2.24, 2.45) is 0 Å². The van der Waals surface area contributed by atoms with Gasteiger partial charge in [-0.15, -0.1) is 0 Å². The van der Waals surface area contributed by atoms with Crippen molar-refractivity contribution in [2.45, 2.75) is 13.5 Å². The van der Waals surface area contributed by atoms with Gasteiger partial charge in [-0.05, 0) is 24.6 Å². The van der Waals surface area contributed by atoms with Crippen LogP contribution in [0.2, 0.25) is 0 Å². The molecule has 3 rings (SSSR count). The largest absolute Gasteiger partial charge is 0.456 e. The van der Waals surface area contributed by atoms with Crippen LogP contribution in [0.5, 0.6) is 0 Å². The second-order valence-corrected chi connectivity index (χ2v) is 4.71. The van der Waals surface area contributed by atoms with Gasteiger partial charge in [-0.2, -0.15) is 0 Å². The van der Waals surface area contributed by atoms with E-state index < -0.39 is 5.97 Å². The fourth-order valence-corrected chi connectivity index (χ4v) is 2.07. The third-order valence-electron chi connectivity index (χ3n) is 3.15. The van der Waals surface area contributed by atoms with Gasteiger partial charge < -0.3 is 4.74 Å². The average Bonchev–Trinajstić information content (AvgIpc) is 2.53. The first-order chi connectivity index (χ1) is 10.2. The molecule has 0 N–H and O–H groups in total. The van der Waals surface area contributed by atoms with Gasteiger partial charge >= 0.3 is 5.97 Å². The molecule has 21 heavy (non-hydrogen) atoms. The van der Waals surface area contributed by atoms with Gasteiger partial charge in [-0.1, -0.05) is 42.5 Å². The van der Waals surface area contributed by atoms with Crippen molar-refractivity contribution >= 4 is 17.0 Å². The minimum absolute atomic E-state index is 0.230. The fourth-order valence-electron chi connectivity index (χ4n) is 2.07. The number of aromatic nitrogens is 2. The summed E-state index contributed by atoms with van der Waals surface area (Å²) in [5.74, 6) is -0.449. The normalized spacial score (nSPS) is 10.5. The smallest absolute Gasteiger partial charge is 0.359 e. The van der Waals surface area contributed by atoms with Crippen molar-refractivity contribution in [2.75, 3.05) is 0 Å². The van der Waals surface area contributed by atoms with Crippen LogP contribution in [-0.4, -0.2) is 15.9 Å². The number of esters is 1. The molecule has 0 aliphatic rings. The summed E-state index contributed by atoms with van der Waals surface area (Å²) in [4.78, 5) is 20.9. The summed E-state index contributed by atoms with van der Waals surface area (Å²) < 4.78 is 5.30. The van der Waals surface area contributed by atoms with Gasteiger partial charge in [0.1, 0.15) is 6.61 Å². The van der Waals surface area contributed by atoms with Crippen molar-refractivity contribution in [3.63, 3.8) is 0 Å². The summed E-state index contributed by atoms with van der Waals surface area (Å²) in [6, 6.07) is 17.0. The van der Waals surface area contributed by atoms with Gasteiger partial charge in [0.25, 0.3) is 0 Å². The number of carbonyl (C=O) groups is 1. The fraction of sp³-hybridized carbons (Fsp3) is 0.118. The number of nitrogens with zero attached hydrogens (tertiary/aromatic N) is 2. The van der Waals surface area contributed by atoms with Crippen LogP contribution in [0.15, 0.2) is 54.6 Å². The molecule has 0 saturated heterocycles. The predicted octanol–water partition coefficient (Wildman–Crippen LogP) is 3.30. The standard InChI is InChI=1S/C17H14N2O2/c1-12-16(19-15-10-6-5-9-14(15)18-12)17(20)21-11-13-7-3-2-4-8-13/h2-10H,11H2,1H3. The molecule has 0 aliphatic carbocycles. The number of hydrogen-bond donors (Lipinski definition) is 0. The number of ether oxygens (including phenoxy) is 1. The number of carbonyl (C=O) groups excluding carboxylic acids is 1. The highest BCUT2D eigenvalue weighted by Crippen LogP contribution is 2.13. The molecular formula is C17H14N2O2. The average molecular weight is 278 g/mol. The predicted molar refractivity (Wildman–Crippen MR) is 79.8 cm³/mol. The number of rotatable bonds is 3. The molecule has 0 amide bonds. The van der Waals surface area contributed by atoms with E-state index in [1.165, 1.54) is 0 Å². The molecule has 1 aromatic heterocycles. The van der Waals surface area contributed by atoms with Crippen molar-refractivity contribution in [1.82, 2.24) is 9.97 Å². The van der Waals surface area contributed by atoms with E-state index >= 15 is 0 Å². The topological polar surface area (TPSA) is 52.1 Å². The Morgan fingerprint density at radius 2 is 1.57 bits per heavy atom. The maximum Gasteiger partial charge on any atom is 0.359 e. The molecule has 1 heterocycles. The summed E-state index contributed by atoms with van der Waals surface area (Å²) in [5, 5.41) is 0. The zero-order valence-corrected chi connectivity index (χ0v) is 11.6. The summed E-state index contributed by atoms with van der Waals surface area (Å²) in [6.07, 6.45) is 0. The second kappa shape index (κ2) is 5.71. The first-order valence-corrected chi connectivity index (χ1v) is 6.68. The third kappa shape index (κ3) is 2.89. The van der Waals surface area contributed by atoms with E-state index in [1.54, 1.807) is 6.92 Å². The maximum atomic E-state index is 12.2. The maximum absolute atomic E-state index is 12.2. The minimum Gasteiger partial charge on any atom is -0.456 e. The Labute approximate surface area is 122 Å². The molecule has 0 saturated carbocycles. The molecule has 0 radical (unpaired) electrons. The Kier molecular flexibility index (Phi) is 3.60. The van der Waals surface area contributed by atoms with Gasteiger partial charge in [0.2, 0.25) is 0 Å². The molecule has 2 aromatic carbocycles. The Morgan fingerprint density at radius 1 is 0.952 bits per heavy atom. The van der Waals surface area contributed by atoms with Gasteiger partial charge in [0.05, 0.1) is 16.7 Å². The zero-order valence-electron chi connectivity index (χ0n) is 11.6. The van der Waals surface area contributed by atoms with Crippen molar-refractivity contribution < 1.29 is 9.53 Å². The Bertz CT molecular complexity index is 785. The van der Waals surface area contributed by atoms with Crippen molar-refractivity contribution in [3.8, 4) is 0 Å². The second-order valence-electron chi connectivity index (χ2n) is 4.71. The number of benzene rings is 2. The lowest BCUT2D eigenvalue weighted by Gasteiger charge is -2.07. The van der Waals surface area contributed by atoms with Gasteiger partial charge in [-0.25, -0.2) is 14.8 Å². The lowest BCUT2D eigenvalue weighted by Crippen LogP contribution is -2.11. The van der Waals surface area contributed by atoms with Crippen LogP contribution < -0.4 is 0 Å². The Balaban J connectivity index is 1.82. The van der Waals surface area contributed by atoms with Crippen LogP contribution in [0.1, 0.15) is 21.7 Å². The molecule has 0 fully saturated rings. The van der Waals surface area contributed by atoms with E-state index in [0.29, 0.717) is 11.2 Å². The Hall–Kier alpha value is -2.75. The van der Waals surface area contributed by atoms with Crippen LogP contribution in [0.4, 0.5) is 0 Å². The summed E-state index contributed by atoms with van der Waals surface area (Å²) in [6.45, 7) is 1.99. The molecular weight excluding hydrogens is 264 g/mol. The molecule has 4 nitrogen and oxygen atoms in total. The van der Waals surface area contributed by atoms with Crippen molar-refractivity contribution in [3.05, 3.63) is 71.5 Å². The quantitative estimate of drug-likeness (QED) is 0.690. The molecule has 0 bridgehead atoms. The van der Waals surface area contributed by atoms with Crippen LogP contribution in [0.25, 0.3) is 11.0 Å². The van der Waals surface area contributed by atoms with Gasteiger partial charge in [-0.3, -0.25) is 0 Å². The molecule has 0 spiro atoms. The molecule has 4 heteroatoms. The number of hydrogen-bond acceptors (Lipinski definition) is 4. The van der Waals surface area contributed by atoms with Crippen molar-refractivity contribution in [1.29, 1.82) is 0 Å². The van der Waals surface area contributed by atoms with Crippen LogP contribution in [0, 0.1) is 6.92 Å². The highest BCUT2D eigenvalue weighted by molar-refractivity contribution is 5.90. The molecule has 0 aliphatic heterocycles. The van der Waals surface area contributed by atoms with E-state index in [0.717, 1.165) is 11.1 Å². The van der Waals surface area contributed by atoms with Gasteiger partial charge in [0, 0.05) is 0 Å². The highest BCUT2D eigenvalue weighted by atomic mass is 16.5. The molecule has 0 atom stereocenters. The summed E-state index contributed by atoms with van der Waals surface area (Å²) in [7, 11) is 0. The van der Waals surface area contributed by atoms with E-state index in [4.69, 9.17) is 4.74 Å². The molecule has 104 valence electrons. The molecule has 0 unspecified atom stereocenters. The summed E-state index contributed by atoms with van der Waals surface area (Å²) >= 11 is 0. The third-order valence-corrected chi connectivity index (χ3v) is 3.15. The highest BCUT2D eigenvalue weighted by Gasteiger charge is 2.15.